The fourth-order valence-electron chi connectivity index (χ4n) is 1.58. The smallest absolute Gasteiger partial charge is 0.246 e. The van der Waals surface area contributed by atoms with Crippen LogP contribution in [0.1, 0.15) is 19.8 Å². The summed E-state index contributed by atoms with van der Waals surface area (Å²) in [6.07, 6.45) is 1.71. The van der Waals surface area contributed by atoms with Crippen molar-refractivity contribution in [1.29, 1.82) is 0 Å². The van der Waals surface area contributed by atoms with E-state index in [-0.39, 0.29) is 20.7 Å². The van der Waals surface area contributed by atoms with E-state index in [1.807, 2.05) is 6.92 Å². The van der Waals surface area contributed by atoms with Crippen molar-refractivity contribution in [3.63, 3.8) is 0 Å². The molecular weight excluding hydrogens is 309 g/mol. The van der Waals surface area contributed by atoms with Crippen LogP contribution in [0.2, 0.25) is 10.0 Å². The minimum Gasteiger partial charge on any atom is -0.494 e. The van der Waals surface area contributed by atoms with Crippen molar-refractivity contribution >= 4 is 33.2 Å². The molecule has 0 aliphatic heterocycles. The summed E-state index contributed by atoms with van der Waals surface area (Å²) < 4.78 is 31.2. The van der Waals surface area contributed by atoms with E-state index in [1.54, 1.807) is 0 Å². The SMILES string of the molecule is CCCCN(C)S(=O)(=O)c1ccc(Cl)c(Cl)c1OC. The number of benzene rings is 1. The zero-order valence-corrected chi connectivity index (χ0v) is 13.4. The van der Waals surface area contributed by atoms with Crippen molar-refractivity contribution in [1.82, 2.24) is 4.31 Å². The summed E-state index contributed by atoms with van der Waals surface area (Å²) in [7, 11) is -0.730. The second-order valence-corrected chi connectivity index (χ2v) is 6.87. The molecule has 1 aromatic rings. The van der Waals surface area contributed by atoms with Crippen molar-refractivity contribution < 1.29 is 13.2 Å². The van der Waals surface area contributed by atoms with Gasteiger partial charge in [0.15, 0.2) is 5.75 Å². The molecule has 0 amide bonds. The van der Waals surface area contributed by atoms with Crippen molar-refractivity contribution in [2.45, 2.75) is 24.7 Å². The van der Waals surface area contributed by atoms with Crippen molar-refractivity contribution in [3.8, 4) is 5.75 Å². The number of hydrogen-bond acceptors (Lipinski definition) is 3. The normalized spacial score (nSPS) is 11.9. The molecule has 0 atom stereocenters. The second kappa shape index (κ2) is 6.79. The van der Waals surface area contributed by atoms with Crippen molar-refractivity contribution in [2.75, 3.05) is 20.7 Å². The maximum atomic E-state index is 12.4. The van der Waals surface area contributed by atoms with Gasteiger partial charge in [-0.25, -0.2) is 12.7 Å². The highest BCUT2D eigenvalue weighted by Gasteiger charge is 2.26. The summed E-state index contributed by atoms with van der Waals surface area (Å²) in [5, 5.41) is 0.364. The maximum absolute atomic E-state index is 12.4. The molecule has 0 saturated heterocycles. The molecule has 0 aromatic heterocycles. The Labute approximate surface area is 124 Å². The second-order valence-electron chi connectivity index (χ2n) is 4.07. The summed E-state index contributed by atoms with van der Waals surface area (Å²) in [6, 6.07) is 2.86. The Balaban J connectivity index is 3.25. The number of halogens is 2. The molecule has 19 heavy (non-hydrogen) atoms. The summed E-state index contributed by atoms with van der Waals surface area (Å²) >= 11 is 11.8. The van der Waals surface area contributed by atoms with Crippen LogP contribution in [0.3, 0.4) is 0 Å². The number of unbranched alkanes of at least 4 members (excludes halogenated alkanes) is 1. The number of sulfonamides is 1. The highest BCUT2D eigenvalue weighted by molar-refractivity contribution is 7.89. The molecule has 1 aromatic carbocycles. The zero-order valence-electron chi connectivity index (χ0n) is 11.1. The quantitative estimate of drug-likeness (QED) is 0.805. The molecule has 0 radical (unpaired) electrons. The van der Waals surface area contributed by atoms with E-state index < -0.39 is 10.0 Å². The molecule has 0 N–H and O–H groups in total. The molecule has 0 spiro atoms. The van der Waals surface area contributed by atoms with Gasteiger partial charge in [-0.2, -0.15) is 0 Å². The molecule has 108 valence electrons. The first-order valence-corrected chi connectivity index (χ1v) is 8.04. The summed E-state index contributed by atoms with van der Waals surface area (Å²) in [6.45, 7) is 2.45. The Morgan fingerprint density at radius 3 is 2.47 bits per heavy atom. The van der Waals surface area contributed by atoms with Gasteiger partial charge in [0.2, 0.25) is 10.0 Å². The van der Waals surface area contributed by atoms with Gasteiger partial charge < -0.3 is 4.74 Å². The van der Waals surface area contributed by atoms with E-state index in [1.165, 1.54) is 30.6 Å². The van der Waals surface area contributed by atoms with E-state index >= 15 is 0 Å². The number of ether oxygens (including phenoxy) is 1. The fourth-order valence-corrected chi connectivity index (χ4v) is 3.39. The van der Waals surface area contributed by atoms with Gasteiger partial charge in [-0.1, -0.05) is 36.5 Å². The summed E-state index contributed by atoms with van der Waals surface area (Å²) in [5.74, 6) is 0.0810. The number of methoxy groups -OCH3 is 1. The third-order valence-corrected chi connectivity index (χ3v) is 5.40. The van der Waals surface area contributed by atoms with Crippen LogP contribution in [-0.2, 0) is 10.0 Å². The molecular formula is C12H17Cl2NO3S. The third kappa shape index (κ3) is 3.54. The van der Waals surface area contributed by atoms with Gasteiger partial charge in [0, 0.05) is 13.6 Å². The molecule has 1 rings (SSSR count). The minimum absolute atomic E-state index is 0.0306. The van der Waals surface area contributed by atoms with Crippen LogP contribution in [0.25, 0.3) is 0 Å². The van der Waals surface area contributed by atoms with Gasteiger partial charge in [0.05, 0.1) is 12.1 Å². The van der Waals surface area contributed by atoms with Gasteiger partial charge in [-0.05, 0) is 18.6 Å². The third-order valence-electron chi connectivity index (χ3n) is 2.73. The predicted molar refractivity (Wildman–Crippen MR) is 77.7 cm³/mol. The number of hydrogen-bond donors (Lipinski definition) is 0. The predicted octanol–water partition coefficient (Wildman–Crippen LogP) is 3.42. The fraction of sp³-hybridized carbons (Fsp3) is 0.500. The van der Waals surface area contributed by atoms with Crippen LogP contribution in [0.5, 0.6) is 5.75 Å². The topological polar surface area (TPSA) is 46.6 Å². The van der Waals surface area contributed by atoms with Gasteiger partial charge in [-0.3, -0.25) is 0 Å². The van der Waals surface area contributed by atoms with Crippen LogP contribution in [0.15, 0.2) is 17.0 Å². The highest BCUT2D eigenvalue weighted by Crippen LogP contribution is 2.38. The van der Waals surface area contributed by atoms with Crippen molar-refractivity contribution in [2.24, 2.45) is 0 Å². The van der Waals surface area contributed by atoms with E-state index in [9.17, 15) is 8.42 Å². The minimum atomic E-state index is -3.63. The van der Waals surface area contributed by atoms with Gasteiger partial charge in [0.25, 0.3) is 0 Å². The van der Waals surface area contributed by atoms with Crippen LogP contribution in [0.4, 0.5) is 0 Å². The molecule has 7 heteroatoms. The Kier molecular flexibility index (Phi) is 5.92. The first-order valence-electron chi connectivity index (χ1n) is 5.84. The van der Waals surface area contributed by atoms with Gasteiger partial charge in [0.1, 0.15) is 9.92 Å². The molecule has 0 aliphatic carbocycles. The zero-order chi connectivity index (χ0) is 14.6. The first kappa shape index (κ1) is 16.6. The Morgan fingerprint density at radius 1 is 1.32 bits per heavy atom. The average Bonchev–Trinajstić information content (AvgIpc) is 2.38. The monoisotopic (exact) mass is 325 g/mol. The molecule has 0 fully saturated rings. The lowest BCUT2D eigenvalue weighted by atomic mass is 10.3. The standard InChI is InChI=1S/C12H17Cl2NO3S/c1-4-5-8-15(2)19(16,17)10-7-6-9(13)11(14)12(10)18-3/h6-7H,4-5,8H2,1-3H3. The first-order chi connectivity index (χ1) is 8.86. The largest absolute Gasteiger partial charge is 0.494 e. The van der Waals surface area contributed by atoms with Gasteiger partial charge >= 0.3 is 0 Å². The molecule has 0 aliphatic rings. The number of nitrogens with zero attached hydrogens (tertiary/aromatic N) is 1. The van der Waals surface area contributed by atoms with E-state index in [0.717, 1.165) is 12.8 Å². The highest BCUT2D eigenvalue weighted by atomic mass is 35.5. The molecule has 4 nitrogen and oxygen atoms in total. The lowest BCUT2D eigenvalue weighted by molar-refractivity contribution is 0.397. The van der Waals surface area contributed by atoms with E-state index in [2.05, 4.69) is 0 Å². The molecule has 0 bridgehead atoms. The molecule has 0 heterocycles. The van der Waals surface area contributed by atoms with Crippen LogP contribution in [0, 0.1) is 0 Å². The average molecular weight is 326 g/mol. The Hall–Kier alpha value is -0.490. The number of rotatable bonds is 6. The van der Waals surface area contributed by atoms with Crippen LogP contribution >= 0.6 is 23.2 Å². The Bertz CT molecular complexity index is 546. The molecule has 0 unspecified atom stereocenters. The van der Waals surface area contributed by atoms with Crippen LogP contribution in [-0.4, -0.2) is 33.4 Å². The molecule has 0 saturated carbocycles. The summed E-state index contributed by atoms with van der Waals surface area (Å²) in [4.78, 5) is 0.0306. The van der Waals surface area contributed by atoms with E-state index in [4.69, 9.17) is 27.9 Å². The van der Waals surface area contributed by atoms with Crippen molar-refractivity contribution in [3.05, 3.63) is 22.2 Å². The lowest BCUT2D eigenvalue weighted by Crippen LogP contribution is -2.28. The maximum Gasteiger partial charge on any atom is 0.246 e. The van der Waals surface area contributed by atoms with E-state index in [0.29, 0.717) is 6.54 Å². The summed E-state index contributed by atoms with van der Waals surface area (Å²) in [5.41, 5.74) is 0. The van der Waals surface area contributed by atoms with Crippen LogP contribution < -0.4 is 4.74 Å². The van der Waals surface area contributed by atoms with Gasteiger partial charge in [-0.15, -0.1) is 0 Å². The lowest BCUT2D eigenvalue weighted by Gasteiger charge is -2.19. The Morgan fingerprint density at radius 2 is 1.95 bits per heavy atom.